The Morgan fingerprint density at radius 2 is 2.06 bits per heavy atom. The van der Waals surface area contributed by atoms with Crippen molar-refractivity contribution in [3.05, 3.63) is 35.5 Å². The molecular formula is C12H13NO4. The van der Waals surface area contributed by atoms with E-state index in [0.29, 0.717) is 5.56 Å². The molecule has 5 heteroatoms. The van der Waals surface area contributed by atoms with Crippen molar-refractivity contribution in [2.24, 2.45) is 0 Å². The molecule has 2 aromatic rings. The molecule has 2 unspecified atom stereocenters. The lowest BCUT2D eigenvalue weighted by atomic mass is 10.0. The van der Waals surface area contributed by atoms with E-state index in [1.54, 1.807) is 0 Å². The van der Waals surface area contributed by atoms with Crippen LogP contribution in [0.2, 0.25) is 0 Å². The summed E-state index contributed by atoms with van der Waals surface area (Å²) in [6.45, 7) is 1.86. The van der Waals surface area contributed by atoms with Gasteiger partial charge in [0.2, 0.25) is 0 Å². The molecule has 2 atom stereocenters. The standard InChI is InChI=1S/C12H13NO4/c1-6-3-2-4-8-9(6)7(5-13-8)10(14)11(15)12(16)17/h2-5,10-11,13-15H,1H3,(H,16,17). The first-order chi connectivity index (χ1) is 8.02. The van der Waals surface area contributed by atoms with E-state index < -0.39 is 18.2 Å². The van der Waals surface area contributed by atoms with Crippen LogP contribution < -0.4 is 0 Å². The van der Waals surface area contributed by atoms with Gasteiger partial charge in [-0.1, -0.05) is 12.1 Å². The number of aryl methyl sites for hydroxylation is 1. The van der Waals surface area contributed by atoms with Gasteiger partial charge in [-0.3, -0.25) is 0 Å². The molecule has 0 fully saturated rings. The third-order valence-corrected chi connectivity index (χ3v) is 2.82. The average molecular weight is 235 g/mol. The second-order valence-corrected chi connectivity index (χ2v) is 3.97. The summed E-state index contributed by atoms with van der Waals surface area (Å²) < 4.78 is 0. The Kier molecular flexibility index (Phi) is 2.87. The number of benzene rings is 1. The average Bonchev–Trinajstić information content (AvgIpc) is 2.72. The summed E-state index contributed by atoms with van der Waals surface area (Å²) in [5, 5.41) is 28.6. The van der Waals surface area contributed by atoms with Crippen molar-refractivity contribution in [3.63, 3.8) is 0 Å². The van der Waals surface area contributed by atoms with Crippen molar-refractivity contribution < 1.29 is 20.1 Å². The van der Waals surface area contributed by atoms with Gasteiger partial charge in [-0.05, 0) is 18.6 Å². The van der Waals surface area contributed by atoms with Crippen LogP contribution in [0.4, 0.5) is 0 Å². The first kappa shape index (κ1) is 11.6. The number of carboxylic acids is 1. The summed E-state index contributed by atoms with van der Waals surface area (Å²) >= 11 is 0. The van der Waals surface area contributed by atoms with Crippen LogP contribution in [0, 0.1) is 6.92 Å². The summed E-state index contributed by atoms with van der Waals surface area (Å²) in [7, 11) is 0. The number of rotatable bonds is 3. The molecule has 2 rings (SSSR count). The van der Waals surface area contributed by atoms with Crippen LogP contribution >= 0.6 is 0 Å². The van der Waals surface area contributed by atoms with E-state index in [-0.39, 0.29) is 0 Å². The first-order valence-electron chi connectivity index (χ1n) is 5.18. The number of hydrogen-bond acceptors (Lipinski definition) is 3. The van der Waals surface area contributed by atoms with Crippen LogP contribution in [0.5, 0.6) is 0 Å². The van der Waals surface area contributed by atoms with E-state index in [2.05, 4.69) is 4.98 Å². The molecule has 0 aliphatic rings. The molecule has 1 heterocycles. The van der Waals surface area contributed by atoms with Gasteiger partial charge in [0.1, 0.15) is 6.10 Å². The summed E-state index contributed by atoms with van der Waals surface area (Å²) in [5.41, 5.74) is 2.11. The van der Waals surface area contributed by atoms with Crippen LogP contribution in [-0.2, 0) is 4.79 Å². The highest BCUT2D eigenvalue weighted by Gasteiger charge is 2.27. The molecule has 0 spiro atoms. The highest BCUT2D eigenvalue weighted by atomic mass is 16.4. The van der Waals surface area contributed by atoms with Crippen LogP contribution in [0.1, 0.15) is 17.2 Å². The first-order valence-corrected chi connectivity index (χ1v) is 5.18. The zero-order valence-corrected chi connectivity index (χ0v) is 9.21. The van der Waals surface area contributed by atoms with Gasteiger partial charge in [-0.2, -0.15) is 0 Å². The Labute approximate surface area is 97.3 Å². The molecule has 0 radical (unpaired) electrons. The zero-order chi connectivity index (χ0) is 12.6. The number of nitrogens with one attached hydrogen (secondary N) is 1. The Balaban J connectivity index is 2.52. The molecule has 5 nitrogen and oxygen atoms in total. The number of aromatic nitrogens is 1. The number of aliphatic carboxylic acids is 1. The Morgan fingerprint density at radius 3 is 2.71 bits per heavy atom. The largest absolute Gasteiger partial charge is 0.479 e. The number of carbonyl (C=O) groups is 1. The molecular weight excluding hydrogens is 222 g/mol. The van der Waals surface area contributed by atoms with Gasteiger partial charge >= 0.3 is 5.97 Å². The summed E-state index contributed by atoms with van der Waals surface area (Å²) in [6.07, 6.45) is -1.75. The lowest BCUT2D eigenvalue weighted by Crippen LogP contribution is -2.27. The predicted molar refractivity (Wildman–Crippen MR) is 61.6 cm³/mol. The number of aliphatic hydroxyl groups excluding tert-OH is 2. The molecule has 0 bridgehead atoms. The molecule has 17 heavy (non-hydrogen) atoms. The van der Waals surface area contributed by atoms with Crippen molar-refractivity contribution in [2.45, 2.75) is 19.1 Å². The highest BCUT2D eigenvalue weighted by molar-refractivity contribution is 5.87. The second-order valence-electron chi connectivity index (χ2n) is 3.97. The topological polar surface area (TPSA) is 93.5 Å². The highest BCUT2D eigenvalue weighted by Crippen LogP contribution is 2.28. The van der Waals surface area contributed by atoms with Crippen molar-refractivity contribution in [2.75, 3.05) is 0 Å². The van der Waals surface area contributed by atoms with E-state index in [9.17, 15) is 15.0 Å². The molecule has 0 amide bonds. The van der Waals surface area contributed by atoms with Gasteiger partial charge in [0.05, 0.1) is 0 Å². The lowest BCUT2D eigenvalue weighted by molar-refractivity contribution is -0.153. The Morgan fingerprint density at radius 1 is 1.35 bits per heavy atom. The maximum absolute atomic E-state index is 10.6. The summed E-state index contributed by atoms with van der Waals surface area (Å²) in [4.78, 5) is 13.6. The van der Waals surface area contributed by atoms with Crippen molar-refractivity contribution in [3.8, 4) is 0 Å². The fourth-order valence-corrected chi connectivity index (χ4v) is 1.94. The Hall–Kier alpha value is -1.85. The number of aromatic amines is 1. The second kappa shape index (κ2) is 4.20. The van der Waals surface area contributed by atoms with Crippen LogP contribution in [-0.4, -0.2) is 32.4 Å². The number of aliphatic hydroxyl groups is 2. The maximum atomic E-state index is 10.6. The zero-order valence-electron chi connectivity index (χ0n) is 9.21. The van der Waals surface area contributed by atoms with Crippen LogP contribution in [0.3, 0.4) is 0 Å². The van der Waals surface area contributed by atoms with E-state index in [4.69, 9.17) is 5.11 Å². The predicted octanol–water partition coefficient (Wildman–Crippen LogP) is 0.955. The molecule has 1 aromatic carbocycles. The van der Waals surface area contributed by atoms with Gasteiger partial charge in [0.25, 0.3) is 0 Å². The number of hydrogen-bond donors (Lipinski definition) is 4. The summed E-state index contributed by atoms with van der Waals surface area (Å²) in [5.74, 6) is -1.44. The number of carboxylic acid groups (broad SMARTS) is 1. The van der Waals surface area contributed by atoms with Gasteiger partial charge in [-0.25, -0.2) is 4.79 Å². The Bertz CT molecular complexity index is 561. The normalized spacial score (nSPS) is 14.8. The quantitative estimate of drug-likeness (QED) is 0.637. The maximum Gasteiger partial charge on any atom is 0.335 e. The SMILES string of the molecule is Cc1cccc2[nH]cc(C(O)C(O)C(=O)O)c12. The van der Waals surface area contributed by atoms with Crippen molar-refractivity contribution >= 4 is 16.9 Å². The van der Waals surface area contributed by atoms with E-state index in [1.807, 2.05) is 25.1 Å². The van der Waals surface area contributed by atoms with Gasteiger partial charge in [0.15, 0.2) is 6.10 Å². The third kappa shape index (κ3) is 1.90. The monoisotopic (exact) mass is 235 g/mol. The fraction of sp³-hybridized carbons (Fsp3) is 0.250. The lowest BCUT2D eigenvalue weighted by Gasteiger charge is -2.13. The fourth-order valence-electron chi connectivity index (χ4n) is 1.94. The minimum atomic E-state index is -1.83. The van der Waals surface area contributed by atoms with Gasteiger partial charge < -0.3 is 20.3 Å². The number of H-pyrrole nitrogens is 1. The third-order valence-electron chi connectivity index (χ3n) is 2.82. The minimum absolute atomic E-state index is 0.396. The van der Waals surface area contributed by atoms with E-state index in [0.717, 1.165) is 16.5 Å². The number of fused-ring (bicyclic) bond motifs is 1. The minimum Gasteiger partial charge on any atom is -0.479 e. The van der Waals surface area contributed by atoms with Crippen LogP contribution in [0.15, 0.2) is 24.4 Å². The molecule has 0 saturated heterocycles. The molecule has 0 aliphatic carbocycles. The molecule has 4 N–H and O–H groups in total. The van der Waals surface area contributed by atoms with E-state index in [1.165, 1.54) is 6.20 Å². The van der Waals surface area contributed by atoms with Gasteiger partial charge in [0, 0.05) is 22.7 Å². The molecule has 90 valence electrons. The van der Waals surface area contributed by atoms with E-state index >= 15 is 0 Å². The van der Waals surface area contributed by atoms with Gasteiger partial charge in [-0.15, -0.1) is 0 Å². The summed E-state index contributed by atoms with van der Waals surface area (Å²) in [6, 6.07) is 5.54. The van der Waals surface area contributed by atoms with Crippen molar-refractivity contribution in [1.82, 2.24) is 4.98 Å². The smallest absolute Gasteiger partial charge is 0.335 e. The molecule has 0 aliphatic heterocycles. The van der Waals surface area contributed by atoms with Crippen molar-refractivity contribution in [1.29, 1.82) is 0 Å². The molecule has 1 aromatic heterocycles. The molecule has 0 saturated carbocycles. The van der Waals surface area contributed by atoms with Crippen LogP contribution in [0.25, 0.3) is 10.9 Å².